The van der Waals surface area contributed by atoms with Gasteiger partial charge < -0.3 is 14.6 Å². The number of aliphatic hydroxyl groups excluding tert-OH is 1. The smallest absolute Gasteiger partial charge is 0.119 e. The van der Waals surface area contributed by atoms with Gasteiger partial charge in [-0.3, -0.25) is 4.90 Å². The van der Waals surface area contributed by atoms with E-state index in [0.29, 0.717) is 13.2 Å². The molecule has 1 N–H and O–H groups in total. The molecule has 0 aliphatic carbocycles. The number of ether oxygens (including phenoxy) is 2. The highest BCUT2D eigenvalue weighted by Crippen LogP contribution is 2.12. The molecule has 2 aromatic carbocycles. The van der Waals surface area contributed by atoms with Gasteiger partial charge in [-0.1, -0.05) is 42.5 Å². The van der Waals surface area contributed by atoms with Crippen molar-refractivity contribution in [3.05, 3.63) is 65.7 Å². The Hall–Kier alpha value is -1.88. The monoisotopic (exact) mass is 329 g/mol. The Labute approximate surface area is 144 Å². The minimum Gasteiger partial charge on any atom is -0.491 e. The third-order valence-corrected chi connectivity index (χ3v) is 3.92. The first kappa shape index (κ1) is 18.5. The van der Waals surface area contributed by atoms with E-state index < -0.39 is 6.10 Å². The van der Waals surface area contributed by atoms with Gasteiger partial charge in [0.2, 0.25) is 0 Å². The van der Waals surface area contributed by atoms with E-state index in [1.807, 2.05) is 42.5 Å². The zero-order chi connectivity index (χ0) is 17.2. The van der Waals surface area contributed by atoms with Crippen molar-refractivity contribution in [2.24, 2.45) is 0 Å². The fourth-order valence-electron chi connectivity index (χ4n) is 2.54. The molecule has 0 aromatic heterocycles. The zero-order valence-corrected chi connectivity index (χ0v) is 14.5. The van der Waals surface area contributed by atoms with E-state index in [1.165, 1.54) is 11.1 Å². The fourth-order valence-corrected chi connectivity index (χ4v) is 2.54. The minimum absolute atomic E-state index is 0.279. The molecule has 24 heavy (non-hydrogen) atoms. The van der Waals surface area contributed by atoms with Crippen molar-refractivity contribution in [2.75, 3.05) is 33.4 Å². The summed E-state index contributed by atoms with van der Waals surface area (Å²) in [4.78, 5) is 2.20. The van der Waals surface area contributed by atoms with E-state index in [9.17, 15) is 5.11 Å². The SMILES string of the molecule is COCCN(Cc1ccccc1C)CC(O)COc1ccccc1. The summed E-state index contributed by atoms with van der Waals surface area (Å²) in [7, 11) is 1.70. The lowest BCUT2D eigenvalue weighted by molar-refractivity contribution is 0.0541. The van der Waals surface area contributed by atoms with Crippen molar-refractivity contribution in [3.63, 3.8) is 0 Å². The molecule has 0 amide bonds. The Kier molecular flexibility index (Phi) is 7.75. The summed E-state index contributed by atoms with van der Waals surface area (Å²) in [6, 6.07) is 17.9. The molecular formula is C20H27NO3. The van der Waals surface area contributed by atoms with Gasteiger partial charge in [-0.2, -0.15) is 0 Å². The Morgan fingerprint density at radius 2 is 1.75 bits per heavy atom. The lowest BCUT2D eigenvalue weighted by Crippen LogP contribution is -2.37. The third kappa shape index (κ3) is 6.32. The maximum absolute atomic E-state index is 10.3. The number of methoxy groups -OCH3 is 1. The number of benzene rings is 2. The molecule has 0 saturated carbocycles. The van der Waals surface area contributed by atoms with Gasteiger partial charge in [0.1, 0.15) is 18.5 Å². The Morgan fingerprint density at radius 1 is 1.04 bits per heavy atom. The number of hydrogen-bond donors (Lipinski definition) is 1. The maximum atomic E-state index is 10.3. The molecule has 0 aliphatic heterocycles. The Morgan fingerprint density at radius 3 is 2.46 bits per heavy atom. The molecule has 0 fully saturated rings. The van der Waals surface area contributed by atoms with Gasteiger partial charge in [-0.05, 0) is 30.2 Å². The highest BCUT2D eigenvalue weighted by molar-refractivity contribution is 5.25. The highest BCUT2D eigenvalue weighted by Gasteiger charge is 2.14. The van der Waals surface area contributed by atoms with Crippen LogP contribution in [0.1, 0.15) is 11.1 Å². The molecule has 1 unspecified atom stereocenters. The molecule has 0 bridgehead atoms. The van der Waals surface area contributed by atoms with Crippen molar-refractivity contribution in [1.29, 1.82) is 0 Å². The van der Waals surface area contributed by atoms with Crippen LogP contribution in [0.5, 0.6) is 5.75 Å². The molecule has 0 radical (unpaired) electrons. The summed E-state index contributed by atoms with van der Waals surface area (Å²) in [6.07, 6.45) is -0.550. The Balaban J connectivity index is 1.88. The van der Waals surface area contributed by atoms with Crippen LogP contribution in [-0.2, 0) is 11.3 Å². The maximum Gasteiger partial charge on any atom is 0.119 e. The second-order valence-electron chi connectivity index (χ2n) is 5.93. The quantitative estimate of drug-likeness (QED) is 0.728. The summed E-state index contributed by atoms with van der Waals surface area (Å²) >= 11 is 0. The summed E-state index contributed by atoms with van der Waals surface area (Å²) in [5.41, 5.74) is 2.53. The van der Waals surface area contributed by atoms with Crippen LogP contribution in [-0.4, -0.2) is 49.5 Å². The molecule has 130 valence electrons. The van der Waals surface area contributed by atoms with Crippen LogP contribution in [0.4, 0.5) is 0 Å². The molecule has 1 atom stereocenters. The fraction of sp³-hybridized carbons (Fsp3) is 0.400. The van der Waals surface area contributed by atoms with Crippen molar-refractivity contribution in [2.45, 2.75) is 19.6 Å². The first-order valence-corrected chi connectivity index (χ1v) is 8.30. The van der Waals surface area contributed by atoms with Crippen LogP contribution < -0.4 is 4.74 Å². The highest BCUT2D eigenvalue weighted by atomic mass is 16.5. The first-order valence-electron chi connectivity index (χ1n) is 8.30. The van der Waals surface area contributed by atoms with Gasteiger partial charge in [-0.25, -0.2) is 0 Å². The van der Waals surface area contributed by atoms with Crippen LogP contribution in [0.15, 0.2) is 54.6 Å². The number of hydrogen-bond acceptors (Lipinski definition) is 4. The van der Waals surface area contributed by atoms with Gasteiger partial charge in [0.25, 0.3) is 0 Å². The van der Waals surface area contributed by atoms with E-state index in [4.69, 9.17) is 9.47 Å². The predicted molar refractivity (Wildman–Crippen MR) is 96.3 cm³/mol. The largest absolute Gasteiger partial charge is 0.491 e. The van der Waals surface area contributed by atoms with Crippen LogP contribution in [0.3, 0.4) is 0 Å². The molecule has 0 heterocycles. The van der Waals surface area contributed by atoms with E-state index in [2.05, 4.69) is 24.0 Å². The van der Waals surface area contributed by atoms with Gasteiger partial charge in [0, 0.05) is 26.7 Å². The molecule has 0 saturated heterocycles. The van der Waals surface area contributed by atoms with E-state index >= 15 is 0 Å². The number of nitrogens with zero attached hydrogens (tertiary/aromatic N) is 1. The number of para-hydroxylation sites is 1. The average Bonchev–Trinajstić information content (AvgIpc) is 2.60. The topological polar surface area (TPSA) is 41.9 Å². The average molecular weight is 329 g/mol. The second-order valence-corrected chi connectivity index (χ2v) is 5.93. The molecule has 0 aliphatic rings. The van der Waals surface area contributed by atoms with Crippen molar-refractivity contribution in [3.8, 4) is 5.75 Å². The van der Waals surface area contributed by atoms with Crippen LogP contribution in [0, 0.1) is 6.92 Å². The second kappa shape index (κ2) is 10.1. The number of rotatable bonds is 10. The lowest BCUT2D eigenvalue weighted by Gasteiger charge is -2.25. The molecule has 4 nitrogen and oxygen atoms in total. The van der Waals surface area contributed by atoms with Crippen molar-refractivity contribution < 1.29 is 14.6 Å². The third-order valence-electron chi connectivity index (χ3n) is 3.92. The van der Waals surface area contributed by atoms with Crippen molar-refractivity contribution >= 4 is 0 Å². The number of aliphatic hydroxyl groups is 1. The summed E-state index contributed by atoms with van der Waals surface area (Å²) < 4.78 is 10.8. The minimum atomic E-state index is -0.550. The van der Waals surface area contributed by atoms with Gasteiger partial charge in [0.05, 0.1) is 6.61 Å². The summed E-state index contributed by atoms with van der Waals surface area (Å²) in [6.45, 7) is 5.13. The molecular weight excluding hydrogens is 302 g/mol. The molecule has 0 spiro atoms. The lowest BCUT2D eigenvalue weighted by atomic mass is 10.1. The molecule has 4 heteroatoms. The van der Waals surface area contributed by atoms with Gasteiger partial charge >= 0.3 is 0 Å². The van der Waals surface area contributed by atoms with E-state index in [0.717, 1.165) is 18.8 Å². The van der Waals surface area contributed by atoms with Crippen molar-refractivity contribution in [1.82, 2.24) is 4.90 Å². The predicted octanol–water partition coefficient (Wildman–Crippen LogP) is 2.88. The van der Waals surface area contributed by atoms with Crippen LogP contribution in [0.25, 0.3) is 0 Å². The summed E-state index contributed by atoms with van der Waals surface area (Å²) in [5.74, 6) is 0.777. The van der Waals surface area contributed by atoms with E-state index in [-0.39, 0.29) is 6.61 Å². The van der Waals surface area contributed by atoms with Gasteiger partial charge in [-0.15, -0.1) is 0 Å². The Bertz CT molecular complexity index is 588. The molecule has 2 aromatic rings. The molecule has 2 rings (SSSR count). The standard InChI is InChI=1S/C20H27NO3/c1-17-8-6-7-9-18(17)14-21(12-13-23-2)15-19(22)16-24-20-10-4-3-5-11-20/h3-11,19,22H,12-16H2,1-2H3. The first-order chi connectivity index (χ1) is 11.7. The van der Waals surface area contributed by atoms with Crippen LogP contribution in [0.2, 0.25) is 0 Å². The normalized spacial score (nSPS) is 12.3. The van der Waals surface area contributed by atoms with E-state index in [1.54, 1.807) is 7.11 Å². The van der Waals surface area contributed by atoms with Crippen LogP contribution >= 0.6 is 0 Å². The zero-order valence-electron chi connectivity index (χ0n) is 14.5. The van der Waals surface area contributed by atoms with Gasteiger partial charge in [0.15, 0.2) is 0 Å². The number of aryl methyl sites for hydroxylation is 1. The summed E-state index contributed by atoms with van der Waals surface area (Å²) in [5, 5.41) is 10.3.